The van der Waals surface area contributed by atoms with Gasteiger partial charge in [0.25, 0.3) is 0 Å². The van der Waals surface area contributed by atoms with Crippen molar-refractivity contribution in [2.75, 3.05) is 18.1 Å². The largest absolute Gasteiger partial charge is 0.374 e. The number of hydrogen-bond acceptors (Lipinski definition) is 5. The molecule has 1 spiro atoms. The molecule has 3 rings (SSSR count). The summed E-state index contributed by atoms with van der Waals surface area (Å²) in [5.41, 5.74) is 0.152. The summed E-state index contributed by atoms with van der Waals surface area (Å²) >= 11 is 2.02. The minimum absolute atomic E-state index is 0.152. The third-order valence-electron chi connectivity index (χ3n) is 4.15. The number of thioether (sulfide) groups is 1. The van der Waals surface area contributed by atoms with Crippen molar-refractivity contribution in [2.24, 2.45) is 0 Å². The van der Waals surface area contributed by atoms with Gasteiger partial charge in [0.05, 0.1) is 12.1 Å². The van der Waals surface area contributed by atoms with Gasteiger partial charge >= 0.3 is 0 Å². The number of ether oxygens (including phenoxy) is 1. The lowest BCUT2D eigenvalue weighted by Gasteiger charge is -2.38. The van der Waals surface area contributed by atoms with E-state index in [0.717, 1.165) is 44.1 Å². The Morgan fingerprint density at radius 2 is 2.58 bits per heavy atom. The van der Waals surface area contributed by atoms with Gasteiger partial charge in [-0.15, -0.1) is 10.2 Å². The van der Waals surface area contributed by atoms with Gasteiger partial charge in [-0.25, -0.2) is 0 Å². The lowest BCUT2D eigenvalue weighted by Crippen LogP contribution is -2.47. The minimum atomic E-state index is 0.152. The molecule has 106 valence electrons. The fraction of sp³-hybridized carbons (Fsp3) is 0.846. The van der Waals surface area contributed by atoms with Gasteiger partial charge in [-0.2, -0.15) is 11.8 Å². The maximum absolute atomic E-state index is 6.04. The van der Waals surface area contributed by atoms with E-state index in [1.54, 1.807) is 6.33 Å². The molecular formula is C13H22N4OS. The predicted octanol–water partition coefficient (Wildman–Crippen LogP) is 1.44. The Kier molecular flexibility index (Phi) is 4.10. The van der Waals surface area contributed by atoms with Gasteiger partial charge in [0.15, 0.2) is 0 Å². The first kappa shape index (κ1) is 13.4. The zero-order valence-electron chi connectivity index (χ0n) is 11.5. The van der Waals surface area contributed by atoms with Crippen LogP contribution in [-0.2, 0) is 17.8 Å². The van der Waals surface area contributed by atoms with Crippen LogP contribution in [0.15, 0.2) is 6.33 Å². The van der Waals surface area contributed by atoms with Crippen molar-refractivity contribution in [3.63, 3.8) is 0 Å². The first-order chi connectivity index (χ1) is 9.31. The highest BCUT2D eigenvalue weighted by atomic mass is 32.2. The van der Waals surface area contributed by atoms with Crippen LogP contribution < -0.4 is 5.32 Å². The first-order valence-electron chi connectivity index (χ1n) is 7.13. The summed E-state index contributed by atoms with van der Waals surface area (Å²) < 4.78 is 8.14. The van der Waals surface area contributed by atoms with E-state index in [1.807, 2.05) is 11.8 Å². The van der Waals surface area contributed by atoms with E-state index < -0.39 is 0 Å². The summed E-state index contributed by atoms with van der Waals surface area (Å²) in [5, 5.41) is 11.8. The van der Waals surface area contributed by atoms with E-state index in [0.29, 0.717) is 6.04 Å². The standard InChI is InChI=1S/C13H22N4OS/c1-2-17-10-15-16-12(17)8-14-11-3-5-18-13(7-11)4-6-19-9-13/h10-11,14H,2-9H2,1H3. The maximum atomic E-state index is 6.04. The number of aromatic nitrogens is 3. The molecule has 0 saturated carbocycles. The molecule has 3 heterocycles. The van der Waals surface area contributed by atoms with Crippen molar-refractivity contribution >= 4 is 11.8 Å². The normalized spacial score (nSPS) is 31.1. The zero-order valence-corrected chi connectivity index (χ0v) is 12.3. The van der Waals surface area contributed by atoms with Gasteiger partial charge in [-0.1, -0.05) is 0 Å². The third-order valence-corrected chi connectivity index (χ3v) is 5.37. The quantitative estimate of drug-likeness (QED) is 0.905. The van der Waals surface area contributed by atoms with Crippen molar-refractivity contribution in [1.29, 1.82) is 0 Å². The van der Waals surface area contributed by atoms with Gasteiger partial charge in [0.2, 0.25) is 0 Å². The molecular weight excluding hydrogens is 260 g/mol. The summed E-state index contributed by atoms with van der Waals surface area (Å²) in [6.45, 7) is 4.74. The van der Waals surface area contributed by atoms with Crippen LogP contribution in [0.3, 0.4) is 0 Å². The number of nitrogens with one attached hydrogen (secondary N) is 1. The van der Waals surface area contributed by atoms with Crippen LogP contribution in [0.1, 0.15) is 32.0 Å². The lowest BCUT2D eigenvalue weighted by molar-refractivity contribution is -0.0704. The van der Waals surface area contributed by atoms with Crippen LogP contribution in [0.2, 0.25) is 0 Å². The number of rotatable bonds is 4. The molecule has 2 aliphatic rings. The number of hydrogen-bond donors (Lipinski definition) is 1. The predicted molar refractivity (Wildman–Crippen MR) is 76.2 cm³/mol. The van der Waals surface area contributed by atoms with Crippen molar-refractivity contribution in [1.82, 2.24) is 20.1 Å². The second-order valence-electron chi connectivity index (χ2n) is 5.44. The molecule has 0 bridgehead atoms. The van der Waals surface area contributed by atoms with Crippen molar-refractivity contribution < 1.29 is 4.74 Å². The molecule has 1 aromatic heterocycles. The minimum Gasteiger partial charge on any atom is -0.374 e. The van der Waals surface area contributed by atoms with Crippen molar-refractivity contribution in [2.45, 2.75) is 50.9 Å². The summed E-state index contributed by atoms with van der Waals surface area (Å²) in [4.78, 5) is 0. The second kappa shape index (κ2) is 5.81. The van der Waals surface area contributed by atoms with Crippen molar-refractivity contribution in [3.05, 3.63) is 12.2 Å². The second-order valence-corrected chi connectivity index (χ2v) is 6.54. The smallest absolute Gasteiger partial charge is 0.146 e. The summed E-state index contributed by atoms with van der Waals surface area (Å²) in [5.74, 6) is 3.44. The van der Waals surface area contributed by atoms with Crippen LogP contribution in [0.4, 0.5) is 0 Å². The number of nitrogens with zero attached hydrogens (tertiary/aromatic N) is 3. The Morgan fingerprint density at radius 1 is 1.63 bits per heavy atom. The van der Waals surface area contributed by atoms with Gasteiger partial charge < -0.3 is 14.6 Å². The summed E-state index contributed by atoms with van der Waals surface area (Å²) in [7, 11) is 0. The average molecular weight is 282 g/mol. The molecule has 2 saturated heterocycles. The average Bonchev–Trinajstić information content (AvgIpc) is 3.06. The van der Waals surface area contributed by atoms with Crippen LogP contribution in [0.25, 0.3) is 0 Å². The molecule has 2 unspecified atom stereocenters. The highest BCUT2D eigenvalue weighted by molar-refractivity contribution is 7.99. The molecule has 2 aliphatic heterocycles. The van der Waals surface area contributed by atoms with Crippen LogP contribution >= 0.6 is 11.8 Å². The van der Waals surface area contributed by atoms with E-state index in [-0.39, 0.29) is 5.60 Å². The van der Waals surface area contributed by atoms with Crippen LogP contribution in [0, 0.1) is 0 Å². The van der Waals surface area contributed by atoms with E-state index in [2.05, 4.69) is 27.0 Å². The van der Waals surface area contributed by atoms with Gasteiger partial charge in [0, 0.05) is 24.9 Å². The van der Waals surface area contributed by atoms with E-state index in [1.165, 1.54) is 12.2 Å². The molecule has 2 atom stereocenters. The van der Waals surface area contributed by atoms with Gasteiger partial charge in [-0.3, -0.25) is 0 Å². The molecule has 1 aromatic rings. The summed E-state index contributed by atoms with van der Waals surface area (Å²) in [6, 6.07) is 0.550. The van der Waals surface area contributed by atoms with E-state index in [4.69, 9.17) is 4.74 Å². The summed E-state index contributed by atoms with van der Waals surface area (Å²) in [6.07, 6.45) is 5.25. The molecule has 2 fully saturated rings. The fourth-order valence-electron chi connectivity index (χ4n) is 2.98. The monoisotopic (exact) mass is 282 g/mol. The fourth-order valence-corrected chi connectivity index (χ4v) is 4.36. The Hall–Kier alpha value is -0.590. The maximum Gasteiger partial charge on any atom is 0.146 e. The van der Waals surface area contributed by atoms with Gasteiger partial charge in [-0.05, 0) is 31.9 Å². The lowest BCUT2D eigenvalue weighted by atomic mass is 9.90. The molecule has 1 N–H and O–H groups in total. The SMILES string of the molecule is CCn1cnnc1CNC1CCOC2(CCSC2)C1. The molecule has 0 aromatic carbocycles. The van der Waals surface area contributed by atoms with Gasteiger partial charge in [0.1, 0.15) is 12.2 Å². The molecule has 0 aliphatic carbocycles. The van der Waals surface area contributed by atoms with Crippen molar-refractivity contribution in [3.8, 4) is 0 Å². The highest BCUT2D eigenvalue weighted by Crippen LogP contribution is 2.38. The molecule has 0 radical (unpaired) electrons. The Bertz CT molecular complexity index is 417. The van der Waals surface area contributed by atoms with Crippen LogP contribution in [0.5, 0.6) is 0 Å². The van der Waals surface area contributed by atoms with E-state index >= 15 is 0 Å². The number of aryl methyl sites for hydroxylation is 1. The Balaban J connectivity index is 1.55. The molecule has 5 nitrogen and oxygen atoms in total. The molecule has 6 heteroatoms. The highest BCUT2D eigenvalue weighted by Gasteiger charge is 2.40. The third kappa shape index (κ3) is 2.95. The Morgan fingerprint density at radius 3 is 3.37 bits per heavy atom. The zero-order chi connectivity index (χ0) is 13.1. The topological polar surface area (TPSA) is 52.0 Å². The van der Waals surface area contributed by atoms with E-state index in [9.17, 15) is 0 Å². The van der Waals surface area contributed by atoms with Crippen LogP contribution in [-0.4, -0.2) is 44.5 Å². The molecule has 0 amide bonds. The first-order valence-corrected chi connectivity index (χ1v) is 8.28. The Labute approximate surface area is 118 Å². The molecule has 19 heavy (non-hydrogen) atoms.